The number of aromatic nitrogens is 2. The number of carbonyl (C=O) groups is 1. The summed E-state index contributed by atoms with van der Waals surface area (Å²) in [6.45, 7) is 0. The number of nitrogens with zero attached hydrogens (tertiary/aromatic N) is 2. The zero-order valence-corrected chi connectivity index (χ0v) is 14.6. The summed E-state index contributed by atoms with van der Waals surface area (Å²) in [5.74, 6) is 1.36. The van der Waals surface area contributed by atoms with Crippen LogP contribution in [0, 0.1) is 0 Å². The Bertz CT molecular complexity index is 978. The minimum Gasteiger partial charge on any atom is -0.352 e. The van der Waals surface area contributed by atoms with E-state index in [1.54, 1.807) is 11.3 Å². The van der Waals surface area contributed by atoms with E-state index in [4.69, 9.17) is 4.63 Å². The summed E-state index contributed by atoms with van der Waals surface area (Å²) >= 11 is 1.62. The molecule has 6 nitrogen and oxygen atoms in total. The lowest BCUT2D eigenvalue weighted by atomic mass is 9.79. The molecule has 2 atom stereocenters. The number of carbonyl (C=O) groups excluding carboxylic acids is 1. The highest BCUT2D eigenvalue weighted by Gasteiger charge is 2.37. The molecule has 1 aliphatic carbocycles. The third kappa shape index (κ3) is 2.52. The summed E-state index contributed by atoms with van der Waals surface area (Å²) in [4.78, 5) is 14.2. The first-order valence-corrected chi connectivity index (χ1v) is 9.38. The van der Waals surface area contributed by atoms with E-state index < -0.39 is 0 Å². The molecule has 0 unspecified atom stereocenters. The van der Waals surface area contributed by atoms with E-state index in [1.807, 2.05) is 35.7 Å². The van der Waals surface area contributed by atoms with Crippen LogP contribution in [-0.2, 0) is 4.79 Å². The van der Waals surface area contributed by atoms with E-state index >= 15 is 0 Å². The Morgan fingerprint density at radius 2 is 1.88 bits per heavy atom. The van der Waals surface area contributed by atoms with Crippen molar-refractivity contribution in [2.24, 2.45) is 0 Å². The van der Waals surface area contributed by atoms with Gasteiger partial charge in [0, 0.05) is 22.6 Å². The summed E-state index contributed by atoms with van der Waals surface area (Å²) in [6, 6.07) is 14.0. The van der Waals surface area contributed by atoms with Crippen molar-refractivity contribution in [1.29, 1.82) is 0 Å². The van der Waals surface area contributed by atoms with E-state index in [-0.39, 0.29) is 17.7 Å². The summed E-state index contributed by atoms with van der Waals surface area (Å²) < 4.78 is 4.88. The molecular formula is C19H16N4O2S. The van der Waals surface area contributed by atoms with E-state index in [1.165, 1.54) is 5.56 Å². The van der Waals surface area contributed by atoms with Crippen LogP contribution in [0.2, 0.25) is 0 Å². The number of Topliss-reactive ketones (excluding diaryl/α,β-unsaturated/α-hetero) is 1. The Balaban J connectivity index is 1.60. The van der Waals surface area contributed by atoms with Gasteiger partial charge < -0.3 is 10.6 Å². The van der Waals surface area contributed by atoms with E-state index in [9.17, 15) is 4.79 Å². The first-order chi connectivity index (χ1) is 12.8. The molecule has 2 aliphatic rings. The molecule has 0 spiro atoms. The minimum atomic E-state index is -0.241. The Labute approximate surface area is 153 Å². The monoisotopic (exact) mass is 364 g/mol. The van der Waals surface area contributed by atoms with Crippen molar-refractivity contribution >= 4 is 28.8 Å². The van der Waals surface area contributed by atoms with Gasteiger partial charge in [0.05, 0.1) is 6.04 Å². The van der Waals surface area contributed by atoms with Crippen LogP contribution in [0.4, 0.5) is 11.6 Å². The fraction of sp³-hybridized carbons (Fsp3) is 0.211. The second-order valence-electron chi connectivity index (χ2n) is 6.51. The fourth-order valence-corrected chi connectivity index (χ4v) is 4.52. The number of ketones is 1. The smallest absolute Gasteiger partial charge is 0.219 e. The molecule has 5 rings (SSSR count). The first-order valence-electron chi connectivity index (χ1n) is 8.50. The summed E-state index contributed by atoms with van der Waals surface area (Å²) in [5.41, 5.74) is 2.85. The number of thiophene rings is 1. The summed E-state index contributed by atoms with van der Waals surface area (Å²) in [6.07, 6.45) is 1.25. The Kier molecular flexibility index (Phi) is 3.60. The van der Waals surface area contributed by atoms with Gasteiger partial charge in [0.2, 0.25) is 11.6 Å². The van der Waals surface area contributed by atoms with Gasteiger partial charge in [-0.2, -0.15) is 0 Å². The average Bonchev–Trinajstić information content (AvgIpc) is 3.31. The minimum absolute atomic E-state index is 0.153. The van der Waals surface area contributed by atoms with Gasteiger partial charge in [0.25, 0.3) is 0 Å². The predicted octanol–water partition coefficient (Wildman–Crippen LogP) is 4.11. The molecule has 130 valence electrons. The van der Waals surface area contributed by atoms with Crippen molar-refractivity contribution in [2.75, 3.05) is 10.6 Å². The zero-order chi connectivity index (χ0) is 17.5. The first kappa shape index (κ1) is 15.3. The van der Waals surface area contributed by atoms with Crippen LogP contribution >= 0.6 is 11.3 Å². The highest BCUT2D eigenvalue weighted by Crippen LogP contribution is 2.44. The molecule has 3 heterocycles. The molecule has 26 heavy (non-hydrogen) atoms. The number of fused-ring (bicyclic) bond motifs is 1. The van der Waals surface area contributed by atoms with Gasteiger partial charge in [-0.25, -0.2) is 4.63 Å². The van der Waals surface area contributed by atoms with E-state index in [0.29, 0.717) is 18.1 Å². The van der Waals surface area contributed by atoms with Crippen molar-refractivity contribution in [1.82, 2.24) is 10.3 Å². The Hall–Kier alpha value is -2.93. The van der Waals surface area contributed by atoms with Crippen LogP contribution in [-0.4, -0.2) is 16.1 Å². The maximum Gasteiger partial charge on any atom is 0.219 e. The normalized spacial score (nSPS) is 22.1. The molecule has 1 aromatic carbocycles. The molecule has 0 radical (unpaired) electrons. The van der Waals surface area contributed by atoms with Crippen LogP contribution in [0.5, 0.6) is 0 Å². The van der Waals surface area contributed by atoms with E-state index in [0.717, 1.165) is 22.6 Å². The van der Waals surface area contributed by atoms with Crippen LogP contribution in [0.1, 0.15) is 35.2 Å². The van der Waals surface area contributed by atoms with Crippen molar-refractivity contribution in [3.63, 3.8) is 0 Å². The molecule has 2 N–H and O–H groups in total. The second kappa shape index (κ2) is 6.10. The number of nitrogens with one attached hydrogen (secondary N) is 2. The molecule has 7 heteroatoms. The average molecular weight is 364 g/mol. The highest BCUT2D eigenvalue weighted by atomic mass is 32.1. The van der Waals surface area contributed by atoms with Crippen molar-refractivity contribution in [3.8, 4) is 0 Å². The SMILES string of the molecule is O=C1C[C@H](c2ccccc2)CC2=C1[C@@H](c1cccs1)Nc1nonc1N2. The lowest BCUT2D eigenvalue weighted by Crippen LogP contribution is -2.26. The van der Waals surface area contributed by atoms with Gasteiger partial charge in [-0.15, -0.1) is 11.3 Å². The van der Waals surface area contributed by atoms with Gasteiger partial charge in [0.15, 0.2) is 5.78 Å². The van der Waals surface area contributed by atoms with Crippen LogP contribution in [0.15, 0.2) is 63.7 Å². The number of hydrogen-bond donors (Lipinski definition) is 2. The molecule has 3 aromatic rings. The zero-order valence-electron chi connectivity index (χ0n) is 13.8. The molecule has 1 aliphatic heterocycles. The number of rotatable bonds is 2. The standard InChI is InChI=1S/C19H16N4O2S/c24-14-10-12(11-5-2-1-3-6-11)9-13-16(14)17(15-7-4-8-26-15)21-19-18(20-13)22-25-23-19/h1-8,12,17H,9-10H2,(H,20,22)(H,21,23)/t12-,17-/m1/s1. The van der Waals surface area contributed by atoms with Gasteiger partial charge in [-0.05, 0) is 39.7 Å². The fourth-order valence-electron chi connectivity index (χ4n) is 3.73. The molecule has 0 saturated heterocycles. The summed E-state index contributed by atoms with van der Waals surface area (Å²) in [5, 5.41) is 16.5. The largest absolute Gasteiger partial charge is 0.352 e. The molecule has 2 aromatic heterocycles. The third-order valence-electron chi connectivity index (χ3n) is 4.93. The van der Waals surface area contributed by atoms with Gasteiger partial charge in [0.1, 0.15) is 0 Å². The quantitative estimate of drug-likeness (QED) is 0.712. The second-order valence-corrected chi connectivity index (χ2v) is 7.49. The van der Waals surface area contributed by atoms with E-state index in [2.05, 4.69) is 33.1 Å². The Morgan fingerprint density at radius 3 is 2.69 bits per heavy atom. The number of allylic oxidation sites excluding steroid dienone is 1. The topological polar surface area (TPSA) is 80.1 Å². The maximum atomic E-state index is 13.1. The Morgan fingerprint density at radius 1 is 1.04 bits per heavy atom. The predicted molar refractivity (Wildman–Crippen MR) is 99.1 cm³/mol. The van der Waals surface area contributed by atoms with Crippen molar-refractivity contribution in [3.05, 3.63) is 69.6 Å². The molecular weight excluding hydrogens is 348 g/mol. The van der Waals surface area contributed by atoms with Gasteiger partial charge >= 0.3 is 0 Å². The lowest BCUT2D eigenvalue weighted by molar-refractivity contribution is -0.116. The summed E-state index contributed by atoms with van der Waals surface area (Å²) in [7, 11) is 0. The lowest BCUT2D eigenvalue weighted by Gasteiger charge is -2.29. The highest BCUT2D eigenvalue weighted by molar-refractivity contribution is 7.10. The van der Waals surface area contributed by atoms with Crippen molar-refractivity contribution < 1.29 is 9.42 Å². The molecule has 0 bridgehead atoms. The molecule has 0 fully saturated rings. The molecule has 0 saturated carbocycles. The third-order valence-corrected chi connectivity index (χ3v) is 5.87. The van der Waals surface area contributed by atoms with Crippen LogP contribution in [0.25, 0.3) is 0 Å². The number of benzene rings is 1. The van der Waals surface area contributed by atoms with Crippen molar-refractivity contribution in [2.45, 2.75) is 24.8 Å². The molecule has 0 amide bonds. The van der Waals surface area contributed by atoms with Crippen LogP contribution in [0.3, 0.4) is 0 Å². The maximum absolute atomic E-state index is 13.1. The number of anilines is 2. The van der Waals surface area contributed by atoms with Gasteiger partial charge in [-0.3, -0.25) is 4.79 Å². The number of hydrogen-bond acceptors (Lipinski definition) is 7. The van der Waals surface area contributed by atoms with Crippen LogP contribution < -0.4 is 10.6 Å². The van der Waals surface area contributed by atoms with Gasteiger partial charge in [-0.1, -0.05) is 36.4 Å².